The van der Waals surface area contributed by atoms with E-state index in [9.17, 15) is 4.79 Å². The van der Waals surface area contributed by atoms with Gasteiger partial charge in [0, 0.05) is 25.0 Å². The number of para-hydroxylation sites is 1. The van der Waals surface area contributed by atoms with E-state index >= 15 is 0 Å². The van der Waals surface area contributed by atoms with Crippen LogP contribution in [0.2, 0.25) is 0 Å². The van der Waals surface area contributed by atoms with E-state index in [-0.39, 0.29) is 11.9 Å². The van der Waals surface area contributed by atoms with Crippen LogP contribution in [-0.4, -0.2) is 49.8 Å². The lowest BCUT2D eigenvalue weighted by atomic mass is 10.2. The van der Waals surface area contributed by atoms with Crippen molar-refractivity contribution < 1.29 is 18.7 Å². The van der Waals surface area contributed by atoms with Gasteiger partial charge in [-0.25, -0.2) is 4.79 Å². The minimum absolute atomic E-state index is 0.177. The zero-order valence-corrected chi connectivity index (χ0v) is 12.1. The lowest BCUT2D eigenvalue weighted by Crippen LogP contribution is -2.41. The van der Waals surface area contributed by atoms with Gasteiger partial charge in [-0.15, -0.1) is 0 Å². The fourth-order valence-corrected chi connectivity index (χ4v) is 2.51. The van der Waals surface area contributed by atoms with Gasteiger partial charge in [0.05, 0.1) is 13.2 Å². The van der Waals surface area contributed by atoms with E-state index < -0.39 is 5.97 Å². The van der Waals surface area contributed by atoms with Gasteiger partial charge in [0.1, 0.15) is 11.7 Å². The molecule has 1 aromatic heterocycles. The fourth-order valence-electron chi connectivity index (χ4n) is 2.51. The smallest absolute Gasteiger partial charge is 0.374 e. The number of esters is 1. The summed E-state index contributed by atoms with van der Waals surface area (Å²) in [6.45, 7) is 5.86. The SMILES string of the molecule is C[C@H](CN1CCOCC1)OC(=O)c1cc2ccccc2o1. The zero-order valence-electron chi connectivity index (χ0n) is 12.1. The highest BCUT2D eigenvalue weighted by Gasteiger charge is 2.19. The van der Waals surface area contributed by atoms with Gasteiger partial charge in [-0.05, 0) is 19.1 Å². The van der Waals surface area contributed by atoms with Gasteiger partial charge in [0.25, 0.3) is 0 Å². The molecule has 2 heterocycles. The van der Waals surface area contributed by atoms with Crippen LogP contribution < -0.4 is 0 Å². The molecule has 0 saturated carbocycles. The Labute approximate surface area is 123 Å². The molecule has 21 heavy (non-hydrogen) atoms. The molecule has 3 rings (SSSR count). The van der Waals surface area contributed by atoms with Gasteiger partial charge >= 0.3 is 5.97 Å². The summed E-state index contributed by atoms with van der Waals surface area (Å²) in [4.78, 5) is 14.3. The number of fused-ring (bicyclic) bond motifs is 1. The Hall–Kier alpha value is -1.85. The van der Waals surface area contributed by atoms with Crippen LogP contribution in [0.25, 0.3) is 11.0 Å². The van der Waals surface area contributed by atoms with Crippen molar-refractivity contribution in [1.82, 2.24) is 4.90 Å². The molecule has 1 aromatic carbocycles. The van der Waals surface area contributed by atoms with E-state index in [0.29, 0.717) is 5.58 Å². The molecule has 1 saturated heterocycles. The number of furan rings is 1. The Morgan fingerprint density at radius 2 is 2.10 bits per heavy atom. The molecule has 0 unspecified atom stereocenters. The maximum absolute atomic E-state index is 12.1. The van der Waals surface area contributed by atoms with Crippen molar-refractivity contribution >= 4 is 16.9 Å². The van der Waals surface area contributed by atoms with Crippen molar-refractivity contribution in [3.05, 3.63) is 36.1 Å². The maximum atomic E-state index is 12.1. The number of nitrogens with zero attached hydrogens (tertiary/aromatic N) is 1. The number of carbonyl (C=O) groups excluding carboxylic acids is 1. The third-order valence-electron chi connectivity index (χ3n) is 3.55. The van der Waals surface area contributed by atoms with Crippen LogP contribution >= 0.6 is 0 Å². The third-order valence-corrected chi connectivity index (χ3v) is 3.55. The van der Waals surface area contributed by atoms with E-state index in [1.807, 2.05) is 31.2 Å². The number of hydrogen-bond acceptors (Lipinski definition) is 5. The highest BCUT2D eigenvalue weighted by Crippen LogP contribution is 2.19. The molecule has 0 radical (unpaired) electrons. The lowest BCUT2D eigenvalue weighted by molar-refractivity contribution is -0.00113. The number of rotatable bonds is 4. The summed E-state index contributed by atoms with van der Waals surface area (Å²) >= 11 is 0. The van der Waals surface area contributed by atoms with Crippen LogP contribution in [0, 0.1) is 0 Å². The van der Waals surface area contributed by atoms with Crippen LogP contribution in [0.5, 0.6) is 0 Å². The lowest BCUT2D eigenvalue weighted by Gasteiger charge is -2.28. The van der Waals surface area contributed by atoms with Gasteiger partial charge in [-0.2, -0.15) is 0 Å². The topological polar surface area (TPSA) is 51.9 Å². The van der Waals surface area contributed by atoms with Gasteiger partial charge in [-0.3, -0.25) is 4.90 Å². The van der Waals surface area contributed by atoms with Gasteiger partial charge in [0.15, 0.2) is 0 Å². The summed E-state index contributed by atoms with van der Waals surface area (Å²) in [5.41, 5.74) is 0.699. The molecular formula is C16H19NO4. The first kappa shape index (κ1) is 14.1. The number of morpholine rings is 1. The molecular weight excluding hydrogens is 270 g/mol. The molecule has 0 aliphatic carbocycles. The summed E-state index contributed by atoms with van der Waals surface area (Å²) in [7, 11) is 0. The van der Waals surface area contributed by atoms with Crippen molar-refractivity contribution in [2.45, 2.75) is 13.0 Å². The molecule has 0 bridgehead atoms. The van der Waals surface area contributed by atoms with E-state index in [2.05, 4.69) is 4.90 Å². The number of carbonyl (C=O) groups is 1. The molecule has 112 valence electrons. The first-order valence-corrected chi connectivity index (χ1v) is 7.22. The molecule has 0 amide bonds. The molecule has 5 heteroatoms. The van der Waals surface area contributed by atoms with Crippen LogP contribution in [0.3, 0.4) is 0 Å². The predicted octanol–water partition coefficient (Wildman–Crippen LogP) is 2.31. The predicted molar refractivity (Wildman–Crippen MR) is 78.4 cm³/mol. The average Bonchev–Trinajstić information content (AvgIpc) is 2.92. The Balaban J connectivity index is 1.59. The van der Waals surface area contributed by atoms with Crippen molar-refractivity contribution in [2.75, 3.05) is 32.8 Å². The Kier molecular flexibility index (Phi) is 4.22. The van der Waals surface area contributed by atoms with Crippen LogP contribution in [0.4, 0.5) is 0 Å². The molecule has 5 nitrogen and oxygen atoms in total. The van der Waals surface area contributed by atoms with Crippen molar-refractivity contribution in [2.24, 2.45) is 0 Å². The molecule has 1 aliphatic heterocycles. The molecule has 0 spiro atoms. The molecule has 1 atom stereocenters. The van der Waals surface area contributed by atoms with E-state index in [0.717, 1.165) is 38.2 Å². The number of ether oxygens (including phenoxy) is 2. The van der Waals surface area contributed by atoms with Crippen LogP contribution in [0.15, 0.2) is 34.7 Å². The summed E-state index contributed by atoms with van der Waals surface area (Å²) in [5, 5.41) is 0.908. The highest BCUT2D eigenvalue weighted by molar-refractivity contribution is 5.92. The second-order valence-corrected chi connectivity index (χ2v) is 5.28. The normalized spacial score (nSPS) is 17.8. The standard InChI is InChI=1S/C16H19NO4/c1-12(11-17-6-8-19-9-7-17)20-16(18)15-10-13-4-2-3-5-14(13)21-15/h2-5,10,12H,6-9,11H2,1H3/t12-/m1/s1. The highest BCUT2D eigenvalue weighted by atomic mass is 16.6. The maximum Gasteiger partial charge on any atom is 0.374 e. The second kappa shape index (κ2) is 6.28. The Morgan fingerprint density at radius 1 is 1.33 bits per heavy atom. The molecule has 1 fully saturated rings. The van der Waals surface area contributed by atoms with Crippen LogP contribution in [-0.2, 0) is 9.47 Å². The summed E-state index contributed by atoms with van der Waals surface area (Å²) in [6.07, 6.45) is -0.177. The zero-order chi connectivity index (χ0) is 14.7. The Bertz CT molecular complexity index is 583. The summed E-state index contributed by atoms with van der Waals surface area (Å²) in [5.74, 6) is -0.156. The first-order valence-electron chi connectivity index (χ1n) is 7.22. The van der Waals surface area contributed by atoms with Gasteiger partial charge in [0.2, 0.25) is 5.76 Å². The summed E-state index contributed by atoms with van der Waals surface area (Å²) in [6, 6.07) is 9.26. The number of benzene rings is 1. The average molecular weight is 289 g/mol. The second-order valence-electron chi connectivity index (χ2n) is 5.28. The fraction of sp³-hybridized carbons (Fsp3) is 0.438. The monoisotopic (exact) mass is 289 g/mol. The molecule has 2 aromatic rings. The van der Waals surface area contributed by atoms with E-state index in [1.165, 1.54) is 0 Å². The minimum Gasteiger partial charge on any atom is -0.455 e. The largest absolute Gasteiger partial charge is 0.455 e. The van der Waals surface area contributed by atoms with Gasteiger partial charge < -0.3 is 13.9 Å². The van der Waals surface area contributed by atoms with Crippen molar-refractivity contribution in [1.29, 1.82) is 0 Å². The third kappa shape index (κ3) is 3.43. The van der Waals surface area contributed by atoms with Crippen LogP contribution in [0.1, 0.15) is 17.5 Å². The Morgan fingerprint density at radius 3 is 2.86 bits per heavy atom. The summed E-state index contributed by atoms with van der Waals surface area (Å²) < 4.78 is 16.3. The molecule has 1 aliphatic rings. The van der Waals surface area contributed by atoms with E-state index in [4.69, 9.17) is 13.9 Å². The van der Waals surface area contributed by atoms with Crippen molar-refractivity contribution in [3.63, 3.8) is 0 Å². The molecule has 0 N–H and O–H groups in total. The number of hydrogen-bond donors (Lipinski definition) is 0. The quantitative estimate of drug-likeness (QED) is 0.808. The first-order chi connectivity index (χ1) is 10.2. The van der Waals surface area contributed by atoms with Crippen molar-refractivity contribution in [3.8, 4) is 0 Å². The minimum atomic E-state index is -0.410. The van der Waals surface area contributed by atoms with E-state index in [1.54, 1.807) is 6.07 Å². The van der Waals surface area contributed by atoms with Gasteiger partial charge in [-0.1, -0.05) is 18.2 Å².